The normalized spacial score (nSPS) is 10.6. The van der Waals surface area contributed by atoms with Crippen LogP contribution in [0.4, 0.5) is 0 Å². The Morgan fingerprint density at radius 1 is 1.21 bits per heavy atom. The van der Waals surface area contributed by atoms with E-state index >= 15 is 0 Å². The molecule has 3 aromatic rings. The fourth-order valence-corrected chi connectivity index (χ4v) is 2.41. The number of rotatable bonds is 7. The number of pyridine rings is 1. The van der Waals surface area contributed by atoms with Crippen LogP contribution in [0, 0.1) is 0 Å². The van der Waals surface area contributed by atoms with Gasteiger partial charge in [-0.15, -0.1) is 0 Å². The fraction of sp³-hybridized carbons (Fsp3) is 0.222. The lowest BCUT2D eigenvalue weighted by Gasteiger charge is -2.12. The Labute approximate surface area is 139 Å². The van der Waals surface area contributed by atoms with Crippen LogP contribution in [0.5, 0.6) is 17.4 Å². The van der Waals surface area contributed by atoms with E-state index in [9.17, 15) is 4.79 Å². The highest BCUT2D eigenvalue weighted by atomic mass is 16.5. The second-order valence-corrected chi connectivity index (χ2v) is 5.04. The molecule has 0 fully saturated rings. The van der Waals surface area contributed by atoms with E-state index in [2.05, 4.69) is 4.98 Å². The molecule has 6 heteroatoms. The molecule has 0 N–H and O–H groups in total. The van der Waals surface area contributed by atoms with Gasteiger partial charge in [0.25, 0.3) is 0 Å². The largest absolute Gasteiger partial charge is 0.495 e. The Kier molecular flexibility index (Phi) is 4.65. The number of Topliss-reactive ketones (excluding diaryl/α,β-unsaturated/α-hetero) is 1. The Morgan fingerprint density at radius 3 is 2.75 bits per heavy atom. The summed E-state index contributed by atoms with van der Waals surface area (Å²) in [7, 11) is 1.52. The van der Waals surface area contributed by atoms with Crippen LogP contribution in [0.25, 0.3) is 11.0 Å². The number of ether oxygens (including phenoxy) is 3. The molecule has 2 heterocycles. The number of carbonyl (C=O) groups is 1. The van der Waals surface area contributed by atoms with Crippen LogP contribution in [0.15, 0.2) is 47.2 Å². The molecule has 0 aliphatic heterocycles. The smallest absolute Gasteiger partial charge is 0.213 e. The monoisotopic (exact) mass is 327 g/mol. The van der Waals surface area contributed by atoms with Crippen molar-refractivity contribution in [2.75, 3.05) is 20.3 Å². The van der Waals surface area contributed by atoms with E-state index in [0.717, 1.165) is 0 Å². The summed E-state index contributed by atoms with van der Waals surface area (Å²) in [5, 5.41) is 0.700. The molecule has 6 nitrogen and oxygen atoms in total. The van der Waals surface area contributed by atoms with Crippen LogP contribution in [0.3, 0.4) is 0 Å². The lowest BCUT2D eigenvalue weighted by atomic mass is 10.1. The van der Waals surface area contributed by atoms with Gasteiger partial charge in [-0.2, -0.15) is 0 Å². The highest BCUT2D eigenvalue weighted by Crippen LogP contribution is 2.37. The molecule has 0 aliphatic carbocycles. The fourth-order valence-electron chi connectivity index (χ4n) is 2.41. The Morgan fingerprint density at radius 2 is 2.04 bits per heavy atom. The molecule has 124 valence electrons. The Bertz CT molecular complexity index is 841. The summed E-state index contributed by atoms with van der Waals surface area (Å²) in [6.45, 7) is 2.09. The Balaban J connectivity index is 1.77. The zero-order chi connectivity index (χ0) is 16.9. The van der Waals surface area contributed by atoms with Gasteiger partial charge in [-0.05, 0) is 25.1 Å². The average Bonchev–Trinajstić information content (AvgIpc) is 3.08. The van der Waals surface area contributed by atoms with Crippen LogP contribution < -0.4 is 14.2 Å². The molecular formula is C18H17NO5. The van der Waals surface area contributed by atoms with Crippen molar-refractivity contribution in [1.29, 1.82) is 0 Å². The minimum Gasteiger partial charge on any atom is -0.495 e. The van der Waals surface area contributed by atoms with Crippen LogP contribution in [-0.4, -0.2) is 31.1 Å². The van der Waals surface area contributed by atoms with Crippen molar-refractivity contribution in [2.45, 2.75) is 6.92 Å². The maximum absolute atomic E-state index is 11.9. The van der Waals surface area contributed by atoms with Gasteiger partial charge < -0.3 is 18.6 Å². The van der Waals surface area contributed by atoms with Crippen molar-refractivity contribution < 1.29 is 23.4 Å². The third-order valence-corrected chi connectivity index (χ3v) is 3.47. The predicted molar refractivity (Wildman–Crippen MR) is 88.0 cm³/mol. The van der Waals surface area contributed by atoms with E-state index in [-0.39, 0.29) is 12.4 Å². The molecule has 3 rings (SSSR count). The molecule has 0 bridgehead atoms. The molecule has 24 heavy (non-hydrogen) atoms. The first-order valence-electron chi connectivity index (χ1n) is 7.46. The maximum atomic E-state index is 11.9. The number of fused-ring (bicyclic) bond motifs is 1. The van der Waals surface area contributed by atoms with Crippen LogP contribution >= 0.6 is 0 Å². The predicted octanol–water partition coefficient (Wildman–Crippen LogP) is 3.50. The lowest BCUT2D eigenvalue weighted by Crippen LogP contribution is -2.10. The van der Waals surface area contributed by atoms with Crippen LogP contribution in [0.2, 0.25) is 0 Å². The van der Waals surface area contributed by atoms with E-state index in [1.165, 1.54) is 20.3 Å². The zero-order valence-electron chi connectivity index (χ0n) is 13.4. The SMILES string of the molecule is COc1c(C(C)=O)cc(OCCOc2ccccn2)c2occc12. The van der Waals surface area contributed by atoms with Crippen LogP contribution in [-0.2, 0) is 0 Å². The number of aromatic nitrogens is 1. The van der Waals surface area contributed by atoms with Gasteiger partial charge in [-0.3, -0.25) is 4.79 Å². The van der Waals surface area contributed by atoms with Gasteiger partial charge in [-0.25, -0.2) is 4.98 Å². The third-order valence-electron chi connectivity index (χ3n) is 3.47. The molecule has 0 unspecified atom stereocenters. The summed E-state index contributed by atoms with van der Waals surface area (Å²) in [5.41, 5.74) is 0.988. The first-order valence-corrected chi connectivity index (χ1v) is 7.46. The summed E-state index contributed by atoms with van der Waals surface area (Å²) in [6.07, 6.45) is 3.19. The highest BCUT2D eigenvalue weighted by Gasteiger charge is 2.18. The lowest BCUT2D eigenvalue weighted by molar-refractivity contribution is 0.101. The van der Waals surface area contributed by atoms with Gasteiger partial charge in [0, 0.05) is 12.3 Å². The molecule has 0 atom stereocenters. The number of methoxy groups -OCH3 is 1. The second kappa shape index (κ2) is 7.04. The van der Waals surface area contributed by atoms with Crippen molar-refractivity contribution in [1.82, 2.24) is 4.98 Å². The third kappa shape index (κ3) is 3.17. The van der Waals surface area contributed by atoms with Gasteiger partial charge in [0.15, 0.2) is 17.1 Å². The average molecular weight is 327 g/mol. The van der Waals surface area contributed by atoms with E-state index in [4.69, 9.17) is 18.6 Å². The second-order valence-electron chi connectivity index (χ2n) is 5.04. The molecular weight excluding hydrogens is 310 g/mol. The van der Waals surface area contributed by atoms with E-state index < -0.39 is 0 Å². The maximum Gasteiger partial charge on any atom is 0.213 e. The van der Waals surface area contributed by atoms with Crippen molar-refractivity contribution in [3.8, 4) is 17.4 Å². The minimum atomic E-state index is -0.107. The van der Waals surface area contributed by atoms with Gasteiger partial charge in [0.2, 0.25) is 5.88 Å². The minimum absolute atomic E-state index is 0.107. The summed E-state index contributed by atoms with van der Waals surface area (Å²) in [6, 6.07) is 8.81. The van der Waals surface area contributed by atoms with Crippen LogP contribution in [0.1, 0.15) is 17.3 Å². The standard InChI is InChI=1S/C18H17NO5/c1-12(20)14-11-15(18-13(6-8-24-18)17(14)21-2)22-9-10-23-16-5-3-4-7-19-16/h3-8,11H,9-10H2,1-2H3. The van der Waals surface area contributed by atoms with E-state index in [0.29, 0.717) is 40.5 Å². The summed E-state index contributed by atoms with van der Waals surface area (Å²) in [4.78, 5) is 15.9. The number of carbonyl (C=O) groups excluding carboxylic acids is 1. The molecule has 0 spiro atoms. The van der Waals surface area contributed by atoms with Crippen molar-refractivity contribution in [3.05, 3.63) is 48.4 Å². The van der Waals surface area contributed by atoms with Gasteiger partial charge in [0.05, 0.1) is 24.3 Å². The van der Waals surface area contributed by atoms with Gasteiger partial charge in [0.1, 0.15) is 19.0 Å². The molecule has 0 amide bonds. The Hall–Kier alpha value is -3.02. The number of ketones is 1. The van der Waals surface area contributed by atoms with Crippen molar-refractivity contribution >= 4 is 16.8 Å². The number of benzene rings is 1. The van der Waals surface area contributed by atoms with Crippen molar-refractivity contribution in [2.24, 2.45) is 0 Å². The first-order chi connectivity index (χ1) is 11.7. The molecule has 1 aromatic carbocycles. The van der Waals surface area contributed by atoms with E-state index in [1.807, 2.05) is 12.1 Å². The molecule has 0 aliphatic rings. The summed E-state index contributed by atoms with van der Waals surface area (Å²) in [5.74, 6) is 1.39. The highest BCUT2D eigenvalue weighted by molar-refractivity contribution is 6.04. The number of hydrogen-bond donors (Lipinski definition) is 0. The van der Waals surface area contributed by atoms with Gasteiger partial charge in [-0.1, -0.05) is 6.07 Å². The zero-order valence-corrected chi connectivity index (χ0v) is 13.4. The number of nitrogens with zero attached hydrogens (tertiary/aromatic N) is 1. The van der Waals surface area contributed by atoms with Crippen molar-refractivity contribution in [3.63, 3.8) is 0 Å². The number of furan rings is 1. The van der Waals surface area contributed by atoms with Gasteiger partial charge >= 0.3 is 0 Å². The molecule has 0 saturated carbocycles. The number of hydrogen-bond acceptors (Lipinski definition) is 6. The summed E-state index contributed by atoms with van der Waals surface area (Å²) >= 11 is 0. The summed E-state index contributed by atoms with van der Waals surface area (Å²) < 4.78 is 22.0. The molecule has 2 aromatic heterocycles. The molecule has 0 saturated heterocycles. The first kappa shape index (κ1) is 15.9. The van der Waals surface area contributed by atoms with E-state index in [1.54, 1.807) is 24.4 Å². The topological polar surface area (TPSA) is 70.8 Å². The quantitative estimate of drug-likeness (QED) is 0.488. The molecule has 0 radical (unpaired) electrons.